The lowest BCUT2D eigenvalue weighted by Gasteiger charge is -2.34. The van der Waals surface area contributed by atoms with Crippen LogP contribution in [0, 0.1) is 0 Å². The number of nitrogens with zero attached hydrogens (tertiary/aromatic N) is 3. The SMILES string of the molecule is O=C1NCCN(C(=O)c2ccn(CC(F)F)n2)C1c1ccccc1. The van der Waals surface area contributed by atoms with Gasteiger partial charge < -0.3 is 10.2 Å². The number of aromatic nitrogens is 2. The molecule has 1 aromatic heterocycles. The Morgan fingerprint density at radius 1 is 1.29 bits per heavy atom. The molecule has 1 N–H and O–H groups in total. The summed E-state index contributed by atoms with van der Waals surface area (Å²) in [7, 11) is 0. The Morgan fingerprint density at radius 3 is 2.75 bits per heavy atom. The lowest BCUT2D eigenvalue weighted by atomic mass is 10.0. The summed E-state index contributed by atoms with van der Waals surface area (Å²) in [5.41, 5.74) is 0.737. The Morgan fingerprint density at radius 2 is 2.04 bits per heavy atom. The quantitative estimate of drug-likeness (QED) is 0.920. The number of carbonyl (C=O) groups excluding carboxylic acids is 2. The van der Waals surface area contributed by atoms with Crippen molar-refractivity contribution in [1.82, 2.24) is 20.0 Å². The van der Waals surface area contributed by atoms with Crippen LogP contribution in [0.3, 0.4) is 0 Å². The first-order chi connectivity index (χ1) is 11.6. The van der Waals surface area contributed by atoms with Gasteiger partial charge in [-0.3, -0.25) is 14.3 Å². The molecule has 6 nitrogen and oxygen atoms in total. The van der Waals surface area contributed by atoms with Gasteiger partial charge in [-0.25, -0.2) is 8.78 Å². The molecule has 0 aliphatic carbocycles. The average molecular weight is 334 g/mol. The fraction of sp³-hybridized carbons (Fsp3) is 0.312. The van der Waals surface area contributed by atoms with E-state index in [2.05, 4.69) is 10.4 Å². The van der Waals surface area contributed by atoms with Crippen molar-refractivity contribution in [2.75, 3.05) is 13.1 Å². The van der Waals surface area contributed by atoms with E-state index in [9.17, 15) is 18.4 Å². The lowest BCUT2D eigenvalue weighted by molar-refractivity contribution is -0.128. The number of benzene rings is 1. The van der Waals surface area contributed by atoms with E-state index in [1.54, 1.807) is 24.3 Å². The van der Waals surface area contributed by atoms with E-state index in [1.165, 1.54) is 17.2 Å². The zero-order valence-corrected chi connectivity index (χ0v) is 12.7. The third-order valence-electron chi connectivity index (χ3n) is 3.77. The van der Waals surface area contributed by atoms with Gasteiger partial charge in [0.15, 0.2) is 0 Å². The molecule has 1 unspecified atom stereocenters. The van der Waals surface area contributed by atoms with Crippen molar-refractivity contribution in [3.05, 3.63) is 53.9 Å². The van der Waals surface area contributed by atoms with Crippen molar-refractivity contribution in [2.45, 2.75) is 19.0 Å². The molecule has 2 aromatic rings. The van der Waals surface area contributed by atoms with E-state index in [0.717, 1.165) is 4.68 Å². The maximum atomic E-state index is 12.7. The molecule has 0 spiro atoms. The van der Waals surface area contributed by atoms with E-state index in [1.807, 2.05) is 6.07 Å². The van der Waals surface area contributed by atoms with Crippen LogP contribution in [-0.2, 0) is 11.3 Å². The Kier molecular flexibility index (Phi) is 4.54. The Balaban J connectivity index is 1.86. The van der Waals surface area contributed by atoms with Crippen LogP contribution in [0.15, 0.2) is 42.6 Å². The molecule has 2 amide bonds. The number of nitrogens with one attached hydrogen (secondary N) is 1. The van der Waals surface area contributed by atoms with Gasteiger partial charge in [0.25, 0.3) is 12.3 Å². The highest BCUT2D eigenvalue weighted by molar-refractivity contribution is 5.97. The number of piperazine rings is 1. The van der Waals surface area contributed by atoms with Crippen LogP contribution < -0.4 is 5.32 Å². The summed E-state index contributed by atoms with van der Waals surface area (Å²) < 4.78 is 25.8. The van der Waals surface area contributed by atoms with Gasteiger partial charge in [-0.05, 0) is 11.6 Å². The second-order valence-electron chi connectivity index (χ2n) is 5.42. The molecule has 1 fully saturated rings. The average Bonchev–Trinajstić information content (AvgIpc) is 3.02. The highest BCUT2D eigenvalue weighted by Gasteiger charge is 2.35. The number of halogens is 2. The van der Waals surface area contributed by atoms with Crippen molar-refractivity contribution in [3.8, 4) is 0 Å². The molecule has 2 heterocycles. The summed E-state index contributed by atoms with van der Waals surface area (Å²) in [5.74, 6) is -0.723. The standard InChI is InChI=1S/C16H16F2N4O2/c17-13(18)10-21-8-6-12(20-21)16(24)22-9-7-19-15(23)14(22)11-4-2-1-3-5-11/h1-6,8,13-14H,7,9-10H2,(H,19,23). The summed E-state index contributed by atoms with van der Waals surface area (Å²) in [6.07, 6.45) is -1.22. The van der Waals surface area contributed by atoms with Gasteiger partial charge in [0.2, 0.25) is 5.91 Å². The van der Waals surface area contributed by atoms with Gasteiger partial charge >= 0.3 is 0 Å². The summed E-state index contributed by atoms with van der Waals surface area (Å²) in [6, 6.07) is 9.57. The van der Waals surface area contributed by atoms with Crippen LogP contribution in [0.4, 0.5) is 8.78 Å². The van der Waals surface area contributed by atoms with Gasteiger partial charge in [-0.15, -0.1) is 0 Å². The predicted molar refractivity (Wildman–Crippen MR) is 81.5 cm³/mol. The van der Waals surface area contributed by atoms with Crippen LogP contribution in [0.5, 0.6) is 0 Å². The molecule has 1 saturated heterocycles. The van der Waals surface area contributed by atoms with Gasteiger partial charge in [-0.2, -0.15) is 5.10 Å². The van der Waals surface area contributed by atoms with E-state index in [0.29, 0.717) is 18.7 Å². The Bertz CT molecular complexity index is 733. The molecule has 8 heteroatoms. The minimum absolute atomic E-state index is 0.0475. The van der Waals surface area contributed by atoms with Crippen LogP contribution >= 0.6 is 0 Å². The van der Waals surface area contributed by atoms with Crippen molar-refractivity contribution in [3.63, 3.8) is 0 Å². The largest absolute Gasteiger partial charge is 0.352 e. The first-order valence-corrected chi connectivity index (χ1v) is 7.51. The lowest BCUT2D eigenvalue weighted by Crippen LogP contribution is -2.52. The molecule has 1 atom stereocenters. The topological polar surface area (TPSA) is 67.2 Å². The van der Waals surface area contributed by atoms with Crippen LogP contribution in [-0.4, -0.2) is 46.0 Å². The smallest absolute Gasteiger partial charge is 0.275 e. The van der Waals surface area contributed by atoms with Gasteiger partial charge in [0.05, 0.1) is 0 Å². The molecule has 1 aliphatic heterocycles. The minimum Gasteiger partial charge on any atom is -0.352 e. The number of hydrogen-bond donors (Lipinski definition) is 1. The van der Waals surface area contributed by atoms with Gasteiger partial charge in [0, 0.05) is 19.3 Å². The van der Waals surface area contributed by atoms with Gasteiger partial charge in [-0.1, -0.05) is 30.3 Å². The molecule has 3 rings (SSSR count). The number of amides is 2. The number of alkyl halides is 2. The van der Waals surface area contributed by atoms with Gasteiger partial charge in [0.1, 0.15) is 18.3 Å². The minimum atomic E-state index is -2.55. The van der Waals surface area contributed by atoms with Crippen LogP contribution in [0.1, 0.15) is 22.1 Å². The highest BCUT2D eigenvalue weighted by atomic mass is 19.3. The molecule has 126 valence electrons. The highest BCUT2D eigenvalue weighted by Crippen LogP contribution is 2.24. The molecular weight excluding hydrogens is 318 g/mol. The Hall–Kier alpha value is -2.77. The predicted octanol–water partition coefficient (Wildman–Crippen LogP) is 1.46. The summed E-state index contributed by atoms with van der Waals surface area (Å²) in [6.45, 7) is 0.0906. The fourth-order valence-corrected chi connectivity index (χ4v) is 2.72. The molecule has 0 radical (unpaired) electrons. The molecule has 0 bridgehead atoms. The molecular formula is C16H16F2N4O2. The van der Waals surface area contributed by atoms with E-state index in [4.69, 9.17) is 0 Å². The molecule has 0 saturated carbocycles. The second-order valence-corrected chi connectivity index (χ2v) is 5.42. The van der Waals surface area contributed by atoms with Crippen molar-refractivity contribution >= 4 is 11.8 Å². The monoisotopic (exact) mass is 334 g/mol. The fourth-order valence-electron chi connectivity index (χ4n) is 2.72. The number of carbonyl (C=O) groups is 2. The zero-order valence-electron chi connectivity index (χ0n) is 12.7. The number of hydrogen-bond acceptors (Lipinski definition) is 3. The van der Waals surface area contributed by atoms with Crippen molar-refractivity contribution in [1.29, 1.82) is 0 Å². The van der Waals surface area contributed by atoms with E-state index < -0.39 is 24.9 Å². The first kappa shape index (κ1) is 16.1. The van der Waals surface area contributed by atoms with Crippen LogP contribution in [0.25, 0.3) is 0 Å². The summed E-state index contributed by atoms with van der Waals surface area (Å²) >= 11 is 0. The maximum absolute atomic E-state index is 12.7. The Labute approximate surface area is 137 Å². The van der Waals surface area contributed by atoms with E-state index in [-0.39, 0.29) is 11.6 Å². The zero-order chi connectivity index (χ0) is 17.1. The molecule has 24 heavy (non-hydrogen) atoms. The summed E-state index contributed by atoms with van der Waals surface area (Å²) in [5, 5.41) is 6.63. The van der Waals surface area contributed by atoms with Crippen molar-refractivity contribution < 1.29 is 18.4 Å². The molecule has 1 aliphatic rings. The van der Waals surface area contributed by atoms with Crippen LogP contribution in [0.2, 0.25) is 0 Å². The first-order valence-electron chi connectivity index (χ1n) is 7.51. The second kappa shape index (κ2) is 6.77. The summed E-state index contributed by atoms with van der Waals surface area (Å²) in [4.78, 5) is 26.4. The molecule has 1 aromatic carbocycles. The number of rotatable bonds is 4. The third-order valence-corrected chi connectivity index (χ3v) is 3.77. The van der Waals surface area contributed by atoms with E-state index >= 15 is 0 Å². The maximum Gasteiger partial charge on any atom is 0.275 e. The normalized spacial score (nSPS) is 17.9. The third kappa shape index (κ3) is 3.27. The van der Waals surface area contributed by atoms with Crippen molar-refractivity contribution in [2.24, 2.45) is 0 Å².